The maximum absolute atomic E-state index is 13.4. The van der Waals surface area contributed by atoms with Gasteiger partial charge in [0, 0.05) is 5.56 Å². The van der Waals surface area contributed by atoms with Gasteiger partial charge in [0.1, 0.15) is 6.10 Å². The van der Waals surface area contributed by atoms with Crippen molar-refractivity contribution in [3.63, 3.8) is 0 Å². The largest absolute Gasteiger partial charge is 0.494 e. The van der Waals surface area contributed by atoms with Crippen molar-refractivity contribution < 1.29 is 18.7 Å². The molecule has 1 aromatic carbocycles. The van der Waals surface area contributed by atoms with Gasteiger partial charge in [0.25, 0.3) is 0 Å². The zero-order valence-corrected chi connectivity index (χ0v) is 8.68. The second-order valence-corrected chi connectivity index (χ2v) is 3.35. The lowest BCUT2D eigenvalue weighted by Gasteiger charge is -2.10. The Morgan fingerprint density at radius 2 is 2.12 bits per heavy atom. The average Bonchev–Trinajstić information content (AvgIpc) is 2.81. The third-order valence-corrected chi connectivity index (χ3v) is 2.35. The molecule has 0 bridgehead atoms. The minimum absolute atomic E-state index is 0.156. The minimum atomic E-state index is -0.890. The number of hydrogen-bond acceptors (Lipinski definition) is 3. The highest BCUT2D eigenvalue weighted by Gasteiger charge is 2.13. The van der Waals surface area contributed by atoms with Gasteiger partial charge in [0.15, 0.2) is 11.6 Å². The van der Waals surface area contributed by atoms with E-state index in [9.17, 15) is 9.50 Å². The molecule has 2 aromatic rings. The molecule has 0 saturated heterocycles. The molecule has 2 rings (SSSR count). The van der Waals surface area contributed by atoms with Crippen LogP contribution in [-0.2, 0) is 0 Å². The van der Waals surface area contributed by atoms with Crippen LogP contribution < -0.4 is 4.74 Å². The van der Waals surface area contributed by atoms with Gasteiger partial charge < -0.3 is 14.3 Å². The third kappa shape index (κ3) is 1.92. The van der Waals surface area contributed by atoms with E-state index in [1.54, 1.807) is 12.1 Å². The Balaban J connectivity index is 2.31. The maximum atomic E-state index is 13.4. The first kappa shape index (κ1) is 10.7. The molecule has 16 heavy (non-hydrogen) atoms. The summed E-state index contributed by atoms with van der Waals surface area (Å²) >= 11 is 0. The Morgan fingerprint density at radius 1 is 1.31 bits per heavy atom. The quantitative estimate of drug-likeness (QED) is 0.867. The highest BCUT2D eigenvalue weighted by atomic mass is 19.1. The molecule has 4 heteroatoms. The predicted octanol–water partition coefficient (Wildman–Crippen LogP) is 2.51. The van der Waals surface area contributed by atoms with Crippen LogP contribution in [0.3, 0.4) is 0 Å². The molecule has 0 amide bonds. The minimum Gasteiger partial charge on any atom is -0.494 e. The van der Waals surface area contributed by atoms with Crippen molar-refractivity contribution in [3.05, 3.63) is 53.7 Å². The van der Waals surface area contributed by atoms with Crippen molar-refractivity contribution in [2.75, 3.05) is 7.11 Å². The molecule has 0 saturated carbocycles. The summed E-state index contributed by atoms with van der Waals surface area (Å²) in [6.07, 6.45) is 1.99. The van der Waals surface area contributed by atoms with Gasteiger partial charge in [-0.1, -0.05) is 6.07 Å². The zero-order chi connectivity index (χ0) is 11.5. The number of aliphatic hydroxyl groups excluding tert-OH is 1. The van der Waals surface area contributed by atoms with Crippen LogP contribution in [0.1, 0.15) is 17.2 Å². The molecule has 0 radical (unpaired) electrons. The molecule has 0 aliphatic rings. The van der Waals surface area contributed by atoms with Crippen molar-refractivity contribution in [1.82, 2.24) is 0 Å². The molecule has 1 heterocycles. The number of furan rings is 1. The van der Waals surface area contributed by atoms with Crippen LogP contribution in [0.4, 0.5) is 4.39 Å². The molecule has 0 spiro atoms. The number of methoxy groups -OCH3 is 1. The molecule has 1 aromatic heterocycles. The van der Waals surface area contributed by atoms with Crippen LogP contribution in [0.2, 0.25) is 0 Å². The highest BCUT2D eigenvalue weighted by molar-refractivity contribution is 5.34. The van der Waals surface area contributed by atoms with Crippen LogP contribution in [0.5, 0.6) is 5.75 Å². The molecule has 84 valence electrons. The van der Waals surface area contributed by atoms with E-state index in [4.69, 9.17) is 9.15 Å². The van der Waals surface area contributed by atoms with Gasteiger partial charge in [-0.3, -0.25) is 0 Å². The van der Waals surface area contributed by atoms with Gasteiger partial charge in [0.05, 0.1) is 19.6 Å². The topological polar surface area (TPSA) is 42.6 Å². The molecule has 0 aliphatic heterocycles. The Kier molecular flexibility index (Phi) is 2.92. The summed E-state index contributed by atoms with van der Waals surface area (Å²) in [4.78, 5) is 0. The molecule has 1 atom stereocenters. The summed E-state index contributed by atoms with van der Waals surface area (Å²) in [6.45, 7) is 0. The van der Waals surface area contributed by atoms with Gasteiger partial charge in [0.2, 0.25) is 0 Å². The Morgan fingerprint density at radius 3 is 2.69 bits per heavy atom. The number of halogens is 1. The maximum Gasteiger partial charge on any atom is 0.165 e. The SMILES string of the molecule is COc1ccc([C@@H](O)c2ccoc2)cc1F. The van der Waals surface area contributed by atoms with Crippen LogP contribution in [0.15, 0.2) is 41.2 Å². The molecule has 3 nitrogen and oxygen atoms in total. The number of ether oxygens (including phenoxy) is 1. The normalized spacial score (nSPS) is 12.4. The summed E-state index contributed by atoms with van der Waals surface area (Å²) in [7, 11) is 1.39. The average molecular weight is 222 g/mol. The fourth-order valence-electron chi connectivity index (χ4n) is 1.48. The number of hydrogen-bond donors (Lipinski definition) is 1. The first-order chi connectivity index (χ1) is 7.72. The van der Waals surface area contributed by atoms with E-state index in [1.165, 1.54) is 31.8 Å². The summed E-state index contributed by atoms with van der Waals surface area (Å²) in [5, 5.41) is 9.90. The van der Waals surface area contributed by atoms with E-state index in [1.807, 2.05) is 0 Å². The monoisotopic (exact) mass is 222 g/mol. The van der Waals surface area contributed by atoms with E-state index in [0.717, 1.165) is 0 Å². The lowest BCUT2D eigenvalue weighted by molar-refractivity contribution is 0.218. The van der Waals surface area contributed by atoms with Crippen LogP contribution in [0.25, 0.3) is 0 Å². The summed E-state index contributed by atoms with van der Waals surface area (Å²) in [5.74, 6) is -0.342. The fraction of sp³-hybridized carbons (Fsp3) is 0.167. The number of benzene rings is 1. The highest BCUT2D eigenvalue weighted by Crippen LogP contribution is 2.26. The van der Waals surface area contributed by atoms with Gasteiger partial charge in [-0.25, -0.2) is 4.39 Å². The zero-order valence-electron chi connectivity index (χ0n) is 8.68. The van der Waals surface area contributed by atoms with Crippen molar-refractivity contribution in [1.29, 1.82) is 0 Å². The predicted molar refractivity (Wildman–Crippen MR) is 55.7 cm³/mol. The molecule has 0 aliphatic carbocycles. The first-order valence-corrected chi connectivity index (χ1v) is 4.76. The van der Waals surface area contributed by atoms with E-state index >= 15 is 0 Å². The Labute approximate surface area is 92.1 Å². The fourth-order valence-corrected chi connectivity index (χ4v) is 1.48. The Hall–Kier alpha value is -1.81. The van der Waals surface area contributed by atoms with Crippen LogP contribution in [0, 0.1) is 5.82 Å². The second kappa shape index (κ2) is 4.37. The van der Waals surface area contributed by atoms with Crippen molar-refractivity contribution in [3.8, 4) is 5.75 Å². The second-order valence-electron chi connectivity index (χ2n) is 3.35. The molecule has 0 fully saturated rings. The van der Waals surface area contributed by atoms with E-state index in [0.29, 0.717) is 11.1 Å². The molecular formula is C12H11FO3. The molecule has 0 unspecified atom stereocenters. The van der Waals surface area contributed by atoms with Crippen LogP contribution in [-0.4, -0.2) is 12.2 Å². The molecule has 1 N–H and O–H groups in total. The first-order valence-electron chi connectivity index (χ1n) is 4.76. The van der Waals surface area contributed by atoms with Crippen molar-refractivity contribution in [2.45, 2.75) is 6.10 Å². The van der Waals surface area contributed by atoms with E-state index < -0.39 is 11.9 Å². The lowest BCUT2D eigenvalue weighted by atomic mass is 10.0. The van der Waals surface area contributed by atoms with E-state index in [-0.39, 0.29) is 5.75 Å². The lowest BCUT2D eigenvalue weighted by Crippen LogP contribution is -1.99. The van der Waals surface area contributed by atoms with Gasteiger partial charge >= 0.3 is 0 Å². The van der Waals surface area contributed by atoms with Gasteiger partial charge in [-0.05, 0) is 23.8 Å². The van der Waals surface area contributed by atoms with Gasteiger partial charge in [-0.2, -0.15) is 0 Å². The van der Waals surface area contributed by atoms with Gasteiger partial charge in [-0.15, -0.1) is 0 Å². The van der Waals surface area contributed by atoms with E-state index in [2.05, 4.69) is 0 Å². The number of rotatable bonds is 3. The van der Waals surface area contributed by atoms with Crippen LogP contribution >= 0.6 is 0 Å². The summed E-state index contributed by atoms with van der Waals surface area (Å²) in [5.41, 5.74) is 1.05. The van der Waals surface area contributed by atoms with Crippen molar-refractivity contribution >= 4 is 0 Å². The van der Waals surface area contributed by atoms with Crippen molar-refractivity contribution in [2.24, 2.45) is 0 Å². The standard InChI is InChI=1S/C12H11FO3/c1-15-11-3-2-8(6-10(11)13)12(14)9-4-5-16-7-9/h2-7,12,14H,1H3/t12-/m1/s1. The third-order valence-electron chi connectivity index (χ3n) is 2.35. The number of aliphatic hydroxyl groups is 1. The molecular weight excluding hydrogens is 211 g/mol. The summed E-state index contributed by atoms with van der Waals surface area (Å²) < 4.78 is 23.0. The smallest absolute Gasteiger partial charge is 0.165 e. The summed E-state index contributed by atoms with van der Waals surface area (Å²) in [6, 6.07) is 5.97. The Bertz CT molecular complexity index is 465.